The Bertz CT molecular complexity index is 746. The van der Waals surface area contributed by atoms with Gasteiger partial charge in [0.2, 0.25) is 0 Å². The summed E-state index contributed by atoms with van der Waals surface area (Å²) in [6.07, 6.45) is 1.86. The summed E-state index contributed by atoms with van der Waals surface area (Å²) in [4.78, 5) is 2.24. The average molecular weight is 350 g/mol. The maximum atomic E-state index is 3.81. The highest BCUT2D eigenvalue weighted by Crippen LogP contribution is 2.34. The van der Waals surface area contributed by atoms with E-state index in [4.69, 9.17) is 0 Å². The zero-order chi connectivity index (χ0) is 15.4. The lowest BCUT2D eigenvalue weighted by Gasteiger charge is -2.25. The van der Waals surface area contributed by atoms with Crippen LogP contribution in [-0.2, 0) is 0 Å². The van der Waals surface area contributed by atoms with E-state index in [0.29, 0.717) is 0 Å². The third-order valence-electron chi connectivity index (χ3n) is 3.49. The molecule has 3 aromatic carbocycles. The van der Waals surface area contributed by atoms with Crippen LogP contribution in [0.3, 0.4) is 0 Å². The van der Waals surface area contributed by atoms with Crippen molar-refractivity contribution in [2.45, 2.75) is 0 Å². The molecule has 0 atom stereocenters. The van der Waals surface area contributed by atoms with Gasteiger partial charge in [-0.15, -0.1) is 0 Å². The summed E-state index contributed by atoms with van der Waals surface area (Å²) in [5.74, 6) is 0. The molecule has 0 saturated carbocycles. The van der Waals surface area contributed by atoms with E-state index in [1.54, 1.807) is 0 Å². The van der Waals surface area contributed by atoms with Crippen molar-refractivity contribution in [2.24, 2.45) is 0 Å². The average Bonchev–Trinajstić information content (AvgIpc) is 2.58. The molecule has 0 unspecified atom stereocenters. The minimum absolute atomic E-state index is 1.08. The molecule has 108 valence electrons. The molecule has 1 nitrogen and oxygen atoms in total. The van der Waals surface area contributed by atoms with Gasteiger partial charge in [-0.05, 0) is 54.1 Å². The SMILES string of the molecule is C=Cc1ccc(N(c2ccccc2)c2ccc(Br)cc2)cc1. The standard InChI is InChI=1S/C20H16BrN/c1-2-16-8-12-19(13-9-16)22(18-6-4-3-5-7-18)20-14-10-17(21)11-15-20/h2-15H,1H2. The van der Waals surface area contributed by atoms with Gasteiger partial charge in [-0.3, -0.25) is 0 Å². The molecule has 3 aromatic rings. The van der Waals surface area contributed by atoms with Crippen LogP contribution < -0.4 is 4.90 Å². The Morgan fingerprint density at radius 1 is 0.682 bits per heavy atom. The molecule has 0 radical (unpaired) electrons. The molecular weight excluding hydrogens is 334 g/mol. The molecular formula is C20H16BrN. The molecule has 0 aliphatic carbocycles. The van der Waals surface area contributed by atoms with E-state index in [2.05, 4.69) is 100 Å². The van der Waals surface area contributed by atoms with E-state index in [1.807, 2.05) is 12.1 Å². The van der Waals surface area contributed by atoms with Crippen LogP contribution in [0.5, 0.6) is 0 Å². The Hall–Kier alpha value is -2.32. The highest BCUT2D eigenvalue weighted by atomic mass is 79.9. The number of para-hydroxylation sites is 1. The Morgan fingerprint density at radius 3 is 1.73 bits per heavy atom. The van der Waals surface area contributed by atoms with Crippen LogP contribution >= 0.6 is 15.9 Å². The largest absolute Gasteiger partial charge is 0.311 e. The predicted molar refractivity (Wildman–Crippen MR) is 98.9 cm³/mol. The lowest BCUT2D eigenvalue weighted by molar-refractivity contribution is 1.28. The van der Waals surface area contributed by atoms with Gasteiger partial charge in [-0.1, -0.05) is 58.9 Å². The Labute approximate surface area is 139 Å². The normalized spacial score (nSPS) is 10.2. The first kappa shape index (κ1) is 14.6. The van der Waals surface area contributed by atoms with Crippen molar-refractivity contribution >= 4 is 39.1 Å². The molecule has 0 saturated heterocycles. The van der Waals surface area contributed by atoms with Crippen LogP contribution in [0.1, 0.15) is 5.56 Å². The van der Waals surface area contributed by atoms with Gasteiger partial charge in [-0.25, -0.2) is 0 Å². The van der Waals surface area contributed by atoms with Gasteiger partial charge in [0.05, 0.1) is 0 Å². The van der Waals surface area contributed by atoms with Crippen molar-refractivity contribution in [1.29, 1.82) is 0 Å². The van der Waals surface area contributed by atoms with Crippen molar-refractivity contribution < 1.29 is 0 Å². The van der Waals surface area contributed by atoms with Crippen LogP contribution in [0.15, 0.2) is 89.9 Å². The molecule has 0 aliphatic heterocycles. The third kappa shape index (κ3) is 3.12. The van der Waals surface area contributed by atoms with Gasteiger partial charge >= 0.3 is 0 Å². The maximum Gasteiger partial charge on any atom is 0.0462 e. The van der Waals surface area contributed by atoms with E-state index < -0.39 is 0 Å². The number of nitrogens with zero attached hydrogens (tertiary/aromatic N) is 1. The van der Waals surface area contributed by atoms with Gasteiger partial charge in [0, 0.05) is 21.5 Å². The van der Waals surface area contributed by atoms with Gasteiger partial charge in [0.25, 0.3) is 0 Å². The molecule has 0 bridgehead atoms. The Kier molecular flexibility index (Phi) is 4.40. The van der Waals surface area contributed by atoms with Gasteiger partial charge in [0.1, 0.15) is 0 Å². The molecule has 0 aliphatic rings. The number of hydrogen-bond donors (Lipinski definition) is 0. The van der Waals surface area contributed by atoms with Crippen LogP contribution in [0, 0.1) is 0 Å². The van der Waals surface area contributed by atoms with E-state index in [0.717, 1.165) is 27.1 Å². The van der Waals surface area contributed by atoms with Crippen LogP contribution in [0.4, 0.5) is 17.1 Å². The van der Waals surface area contributed by atoms with E-state index in [-0.39, 0.29) is 0 Å². The molecule has 0 heterocycles. The van der Waals surface area contributed by atoms with Crippen molar-refractivity contribution in [3.05, 3.63) is 95.5 Å². The van der Waals surface area contributed by atoms with Crippen molar-refractivity contribution in [3.63, 3.8) is 0 Å². The fraction of sp³-hybridized carbons (Fsp3) is 0. The molecule has 0 amide bonds. The summed E-state index contributed by atoms with van der Waals surface area (Å²) in [5, 5.41) is 0. The molecule has 22 heavy (non-hydrogen) atoms. The molecule has 0 N–H and O–H groups in total. The summed E-state index contributed by atoms with van der Waals surface area (Å²) in [6, 6.07) is 27.1. The molecule has 0 aromatic heterocycles. The van der Waals surface area contributed by atoms with Gasteiger partial charge < -0.3 is 4.90 Å². The maximum absolute atomic E-state index is 3.81. The van der Waals surface area contributed by atoms with Gasteiger partial charge in [0.15, 0.2) is 0 Å². The number of anilines is 3. The minimum Gasteiger partial charge on any atom is -0.311 e. The predicted octanol–water partition coefficient (Wildman–Crippen LogP) is 6.56. The molecule has 2 heteroatoms. The summed E-state index contributed by atoms with van der Waals surface area (Å²) in [7, 11) is 0. The second-order valence-electron chi connectivity index (χ2n) is 4.94. The zero-order valence-corrected chi connectivity index (χ0v) is 13.7. The lowest BCUT2D eigenvalue weighted by atomic mass is 10.1. The van der Waals surface area contributed by atoms with Crippen LogP contribution in [0.25, 0.3) is 6.08 Å². The monoisotopic (exact) mass is 349 g/mol. The first-order valence-electron chi connectivity index (χ1n) is 7.11. The Morgan fingerprint density at radius 2 is 1.18 bits per heavy atom. The summed E-state index contributed by atoms with van der Waals surface area (Å²) in [6.45, 7) is 3.81. The fourth-order valence-electron chi connectivity index (χ4n) is 2.37. The minimum atomic E-state index is 1.08. The molecule has 0 fully saturated rings. The number of hydrogen-bond acceptors (Lipinski definition) is 1. The topological polar surface area (TPSA) is 3.24 Å². The van der Waals surface area contributed by atoms with Crippen LogP contribution in [0.2, 0.25) is 0 Å². The second-order valence-corrected chi connectivity index (χ2v) is 5.86. The van der Waals surface area contributed by atoms with Crippen molar-refractivity contribution in [3.8, 4) is 0 Å². The fourth-order valence-corrected chi connectivity index (χ4v) is 2.64. The first-order valence-corrected chi connectivity index (χ1v) is 7.90. The van der Waals surface area contributed by atoms with Crippen molar-refractivity contribution in [1.82, 2.24) is 0 Å². The van der Waals surface area contributed by atoms with E-state index in [9.17, 15) is 0 Å². The highest BCUT2D eigenvalue weighted by molar-refractivity contribution is 9.10. The quantitative estimate of drug-likeness (QED) is 0.515. The number of rotatable bonds is 4. The third-order valence-corrected chi connectivity index (χ3v) is 4.01. The zero-order valence-electron chi connectivity index (χ0n) is 12.1. The first-order chi connectivity index (χ1) is 10.8. The Balaban J connectivity index is 2.09. The smallest absolute Gasteiger partial charge is 0.0462 e. The molecule has 3 rings (SSSR count). The van der Waals surface area contributed by atoms with Crippen LogP contribution in [-0.4, -0.2) is 0 Å². The number of halogens is 1. The van der Waals surface area contributed by atoms with E-state index in [1.165, 1.54) is 0 Å². The number of benzene rings is 3. The van der Waals surface area contributed by atoms with E-state index >= 15 is 0 Å². The van der Waals surface area contributed by atoms with Gasteiger partial charge in [-0.2, -0.15) is 0 Å². The second kappa shape index (κ2) is 6.63. The molecule has 0 spiro atoms. The summed E-state index contributed by atoms with van der Waals surface area (Å²) in [5.41, 5.74) is 4.50. The lowest BCUT2D eigenvalue weighted by Crippen LogP contribution is -2.09. The van der Waals surface area contributed by atoms with Crippen molar-refractivity contribution in [2.75, 3.05) is 4.90 Å². The highest BCUT2D eigenvalue weighted by Gasteiger charge is 2.11. The summed E-state index contributed by atoms with van der Waals surface area (Å²) < 4.78 is 1.08. The summed E-state index contributed by atoms with van der Waals surface area (Å²) >= 11 is 3.50.